The molecule has 1 aromatic rings. The zero-order valence-electron chi connectivity index (χ0n) is 14.1. The van der Waals surface area contributed by atoms with Crippen LogP contribution in [0.5, 0.6) is 0 Å². The summed E-state index contributed by atoms with van der Waals surface area (Å²) in [6, 6.07) is 9.64. The number of carbonyl (C=O) groups is 2. The first-order valence-corrected chi connectivity index (χ1v) is 8.51. The van der Waals surface area contributed by atoms with Gasteiger partial charge in [0.15, 0.2) is 0 Å². The van der Waals surface area contributed by atoms with Gasteiger partial charge in [-0.15, -0.1) is 12.4 Å². The van der Waals surface area contributed by atoms with Crippen molar-refractivity contribution >= 4 is 24.2 Å². The van der Waals surface area contributed by atoms with E-state index >= 15 is 0 Å². The number of halogens is 1. The van der Waals surface area contributed by atoms with Crippen LogP contribution >= 0.6 is 12.4 Å². The lowest BCUT2D eigenvalue weighted by Crippen LogP contribution is -2.51. The van der Waals surface area contributed by atoms with E-state index in [1.165, 1.54) is 0 Å². The van der Waals surface area contributed by atoms with Gasteiger partial charge in [-0.3, -0.25) is 9.59 Å². The lowest BCUT2D eigenvalue weighted by Gasteiger charge is -2.37. The smallest absolute Gasteiger partial charge is 0.253 e. The Morgan fingerprint density at radius 2 is 1.79 bits per heavy atom. The number of likely N-dealkylation sites (N-methyl/N-ethyl adjacent to an activating group) is 1. The molecule has 2 amide bonds. The largest absolute Gasteiger partial charge is 0.341 e. The van der Waals surface area contributed by atoms with Gasteiger partial charge in [0.1, 0.15) is 0 Å². The standard InChI is InChI=1S/C18H25N3O2.ClH/c1-20(18(23)16-8-5-11-19-16)15-9-12-21(13-10-15)17(22)14-6-3-2-4-7-14;/h2-4,6-7,15-16,19H,5,8-13H2,1H3;1H. The quantitative estimate of drug-likeness (QED) is 0.905. The summed E-state index contributed by atoms with van der Waals surface area (Å²) in [5, 5.41) is 3.27. The number of nitrogens with one attached hydrogen (secondary N) is 1. The molecule has 0 saturated carbocycles. The monoisotopic (exact) mass is 351 g/mol. The van der Waals surface area contributed by atoms with Crippen LogP contribution in [0.1, 0.15) is 36.0 Å². The highest BCUT2D eigenvalue weighted by Gasteiger charge is 2.31. The molecule has 0 aliphatic carbocycles. The fourth-order valence-electron chi connectivity index (χ4n) is 3.54. The van der Waals surface area contributed by atoms with Crippen LogP contribution in [0.15, 0.2) is 30.3 Å². The number of rotatable bonds is 3. The highest BCUT2D eigenvalue weighted by Crippen LogP contribution is 2.19. The third-order valence-corrected chi connectivity index (χ3v) is 5.03. The van der Waals surface area contributed by atoms with Gasteiger partial charge in [0.2, 0.25) is 5.91 Å². The van der Waals surface area contributed by atoms with Crippen molar-refractivity contribution in [2.45, 2.75) is 37.8 Å². The predicted octanol–water partition coefficient (Wildman–Crippen LogP) is 1.92. The minimum Gasteiger partial charge on any atom is -0.341 e. The van der Waals surface area contributed by atoms with E-state index in [0.29, 0.717) is 13.1 Å². The van der Waals surface area contributed by atoms with Gasteiger partial charge in [-0.25, -0.2) is 0 Å². The van der Waals surface area contributed by atoms with Crippen LogP contribution in [0, 0.1) is 0 Å². The molecular formula is C18H26ClN3O2. The summed E-state index contributed by atoms with van der Waals surface area (Å²) in [6.07, 6.45) is 3.73. The molecule has 2 aliphatic rings. The Hall–Kier alpha value is -1.59. The van der Waals surface area contributed by atoms with Crippen LogP contribution in [0.3, 0.4) is 0 Å². The molecule has 24 heavy (non-hydrogen) atoms. The zero-order chi connectivity index (χ0) is 16.2. The van der Waals surface area contributed by atoms with Crippen molar-refractivity contribution in [3.05, 3.63) is 35.9 Å². The lowest BCUT2D eigenvalue weighted by atomic mass is 10.0. The van der Waals surface area contributed by atoms with Gasteiger partial charge in [0.05, 0.1) is 6.04 Å². The van der Waals surface area contributed by atoms with Crippen molar-refractivity contribution in [3.63, 3.8) is 0 Å². The molecule has 3 rings (SSSR count). The Morgan fingerprint density at radius 3 is 2.38 bits per heavy atom. The van der Waals surface area contributed by atoms with Gasteiger partial charge in [-0.1, -0.05) is 18.2 Å². The molecule has 2 fully saturated rings. The summed E-state index contributed by atoms with van der Waals surface area (Å²) in [5.41, 5.74) is 0.741. The van der Waals surface area contributed by atoms with E-state index in [2.05, 4.69) is 5.32 Å². The fraction of sp³-hybridized carbons (Fsp3) is 0.556. The summed E-state index contributed by atoms with van der Waals surface area (Å²) in [7, 11) is 1.90. The predicted molar refractivity (Wildman–Crippen MR) is 96.4 cm³/mol. The molecular weight excluding hydrogens is 326 g/mol. The molecule has 1 N–H and O–H groups in total. The Bertz CT molecular complexity index is 553. The highest BCUT2D eigenvalue weighted by atomic mass is 35.5. The van der Waals surface area contributed by atoms with E-state index in [9.17, 15) is 9.59 Å². The molecule has 1 unspecified atom stereocenters. The minimum atomic E-state index is -0.0102. The topological polar surface area (TPSA) is 52.7 Å². The average molecular weight is 352 g/mol. The van der Waals surface area contributed by atoms with Crippen LogP contribution in [0.2, 0.25) is 0 Å². The van der Waals surface area contributed by atoms with Gasteiger partial charge >= 0.3 is 0 Å². The number of hydrogen-bond donors (Lipinski definition) is 1. The maximum Gasteiger partial charge on any atom is 0.253 e. The number of carbonyl (C=O) groups excluding carboxylic acids is 2. The molecule has 2 heterocycles. The normalized spacial score (nSPS) is 21.2. The first-order valence-electron chi connectivity index (χ1n) is 8.51. The van der Waals surface area contributed by atoms with Gasteiger partial charge < -0.3 is 15.1 Å². The number of amides is 2. The second-order valence-electron chi connectivity index (χ2n) is 6.49. The molecule has 6 heteroatoms. The third-order valence-electron chi connectivity index (χ3n) is 5.03. The van der Waals surface area contributed by atoms with Crippen molar-refractivity contribution < 1.29 is 9.59 Å². The molecule has 0 radical (unpaired) electrons. The summed E-state index contributed by atoms with van der Waals surface area (Å²) < 4.78 is 0. The number of piperidine rings is 1. The zero-order valence-corrected chi connectivity index (χ0v) is 14.9. The van der Waals surface area contributed by atoms with Crippen molar-refractivity contribution in [2.75, 3.05) is 26.7 Å². The lowest BCUT2D eigenvalue weighted by molar-refractivity contribution is -0.134. The molecule has 2 saturated heterocycles. The van der Waals surface area contributed by atoms with Crippen LogP contribution in [0.4, 0.5) is 0 Å². The van der Waals surface area contributed by atoms with E-state index in [0.717, 1.165) is 37.8 Å². The van der Waals surface area contributed by atoms with Crippen molar-refractivity contribution in [1.29, 1.82) is 0 Å². The van der Waals surface area contributed by atoms with Crippen molar-refractivity contribution in [2.24, 2.45) is 0 Å². The molecule has 1 aromatic carbocycles. The van der Waals surface area contributed by atoms with Gasteiger partial charge in [0, 0.05) is 31.7 Å². The molecule has 0 bridgehead atoms. The van der Waals surface area contributed by atoms with E-state index in [4.69, 9.17) is 0 Å². The molecule has 5 nitrogen and oxygen atoms in total. The third kappa shape index (κ3) is 4.08. The first-order chi connectivity index (χ1) is 11.2. The molecule has 0 spiro atoms. The first kappa shape index (κ1) is 18.7. The van der Waals surface area contributed by atoms with Gasteiger partial charge in [-0.2, -0.15) is 0 Å². The number of nitrogens with zero attached hydrogens (tertiary/aromatic N) is 2. The molecule has 1 atom stereocenters. The molecule has 132 valence electrons. The maximum atomic E-state index is 12.5. The van der Waals surface area contributed by atoms with E-state index in [-0.39, 0.29) is 36.3 Å². The Balaban J connectivity index is 0.00000208. The van der Waals surface area contributed by atoms with E-state index in [1.54, 1.807) is 0 Å². The summed E-state index contributed by atoms with van der Waals surface area (Å²) in [4.78, 5) is 28.7. The number of benzene rings is 1. The Kier molecular flexibility index (Phi) is 6.63. The van der Waals surface area contributed by atoms with Crippen LogP contribution in [0.25, 0.3) is 0 Å². The Labute approximate surface area is 149 Å². The fourth-order valence-corrected chi connectivity index (χ4v) is 3.54. The Morgan fingerprint density at radius 1 is 1.12 bits per heavy atom. The van der Waals surface area contributed by atoms with Gasteiger partial charge in [0.25, 0.3) is 5.91 Å². The highest BCUT2D eigenvalue weighted by molar-refractivity contribution is 5.94. The van der Waals surface area contributed by atoms with Crippen molar-refractivity contribution in [3.8, 4) is 0 Å². The molecule has 0 aromatic heterocycles. The van der Waals surface area contributed by atoms with Crippen LogP contribution in [-0.4, -0.2) is 60.4 Å². The number of hydrogen-bond acceptors (Lipinski definition) is 3. The van der Waals surface area contributed by atoms with E-state index < -0.39 is 0 Å². The number of likely N-dealkylation sites (tertiary alicyclic amines) is 1. The second-order valence-corrected chi connectivity index (χ2v) is 6.49. The maximum absolute atomic E-state index is 12.5. The average Bonchev–Trinajstić information content (AvgIpc) is 3.15. The van der Waals surface area contributed by atoms with Crippen LogP contribution in [-0.2, 0) is 4.79 Å². The minimum absolute atomic E-state index is 0. The molecule has 2 aliphatic heterocycles. The summed E-state index contributed by atoms with van der Waals surface area (Å²) in [5.74, 6) is 0.297. The van der Waals surface area contributed by atoms with Gasteiger partial charge in [-0.05, 0) is 44.4 Å². The van der Waals surface area contributed by atoms with Crippen molar-refractivity contribution in [1.82, 2.24) is 15.1 Å². The SMILES string of the molecule is CN(C(=O)C1CCCN1)C1CCN(C(=O)c2ccccc2)CC1.Cl. The summed E-state index contributed by atoms with van der Waals surface area (Å²) in [6.45, 7) is 2.37. The summed E-state index contributed by atoms with van der Waals surface area (Å²) >= 11 is 0. The second kappa shape index (κ2) is 8.49. The van der Waals surface area contributed by atoms with Crippen LogP contribution < -0.4 is 5.32 Å². The van der Waals surface area contributed by atoms with E-state index in [1.807, 2.05) is 47.2 Å².